The molecule has 0 saturated carbocycles. The second-order valence-corrected chi connectivity index (χ2v) is 10.2. The van der Waals surface area contributed by atoms with Crippen molar-refractivity contribution in [2.45, 2.75) is 30.8 Å². The molecule has 2 rings (SSSR count). The molecular weight excluding hydrogens is 403 g/mol. The number of rotatable bonds is 8. The molecule has 8 nitrogen and oxygen atoms in total. The van der Waals surface area contributed by atoms with Gasteiger partial charge in [-0.05, 0) is 48.7 Å². The van der Waals surface area contributed by atoms with Gasteiger partial charge in [-0.25, -0.2) is 8.42 Å². The Morgan fingerprint density at radius 1 is 1.00 bits per heavy atom. The molecule has 4 N–H and O–H groups in total. The smallest absolute Gasteiger partial charge is 0.325 e. The van der Waals surface area contributed by atoms with E-state index < -0.39 is 29.2 Å². The Bertz CT molecular complexity index is 955. The fourth-order valence-electron chi connectivity index (χ4n) is 2.50. The minimum atomic E-state index is -4.60. The molecule has 0 aliphatic rings. The maximum absolute atomic E-state index is 12.3. The first-order valence-corrected chi connectivity index (χ1v) is 11.7. The first-order valence-electron chi connectivity index (χ1n) is 8.53. The minimum Gasteiger partial charge on any atom is -0.325 e. The highest BCUT2D eigenvalue weighted by Crippen LogP contribution is 2.44. The van der Waals surface area contributed by atoms with Crippen molar-refractivity contribution in [1.82, 2.24) is 0 Å². The van der Waals surface area contributed by atoms with Crippen LogP contribution in [0.15, 0.2) is 59.5 Å². The van der Waals surface area contributed by atoms with Gasteiger partial charge in [-0.2, -0.15) is 0 Å². The average Bonchev–Trinajstić information content (AvgIpc) is 2.61. The van der Waals surface area contributed by atoms with Crippen LogP contribution in [0, 0.1) is 5.92 Å². The summed E-state index contributed by atoms with van der Waals surface area (Å²) in [4.78, 5) is 31.3. The van der Waals surface area contributed by atoms with Crippen molar-refractivity contribution in [2.24, 2.45) is 5.92 Å². The SMILES string of the molecule is CC(C)CC(C(=O)Nc1ccc(NS(=O)(=O)c2ccccc2)cc1)P(=O)(O)O. The van der Waals surface area contributed by atoms with Crippen LogP contribution in [0.1, 0.15) is 20.3 Å². The zero-order valence-electron chi connectivity index (χ0n) is 15.4. The van der Waals surface area contributed by atoms with Crippen molar-refractivity contribution < 1.29 is 27.6 Å². The first kappa shape index (κ1) is 22.1. The van der Waals surface area contributed by atoms with Crippen LogP contribution in [0.4, 0.5) is 11.4 Å². The number of sulfonamides is 1. The summed E-state index contributed by atoms with van der Waals surface area (Å²) in [6.45, 7) is 3.53. The third-order valence-electron chi connectivity index (χ3n) is 3.86. The predicted octanol–water partition coefficient (Wildman–Crippen LogP) is 3.02. The molecule has 0 fully saturated rings. The van der Waals surface area contributed by atoms with Crippen molar-refractivity contribution in [1.29, 1.82) is 0 Å². The standard InChI is InChI=1S/C18H23N2O6PS/c1-13(2)12-17(27(22,23)24)18(21)19-14-8-10-15(11-9-14)20-28(25,26)16-6-4-3-5-7-16/h3-11,13,17,20H,12H2,1-2H3,(H,19,21)(H2,22,23,24). The van der Waals surface area contributed by atoms with E-state index in [1.807, 2.05) is 0 Å². The predicted molar refractivity (Wildman–Crippen MR) is 108 cm³/mol. The van der Waals surface area contributed by atoms with Gasteiger partial charge in [0.2, 0.25) is 5.91 Å². The van der Waals surface area contributed by atoms with Crippen LogP contribution in [-0.2, 0) is 19.4 Å². The molecule has 2 aromatic carbocycles. The molecule has 2 aromatic rings. The lowest BCUT2D eigenvalue weighted by Gasteiger charge is -2.19. The first-order chi connectivity index (χ1) is 13.0. The summed E-state index contributed by atoms with van der Waals surface area (Å²) in [7, 11) is -8.33. The lowest BCUT2D eigenvalue weighted by molar-refractivity contribution is -0.116. The van der Waals surface area contributed by atoms with Crippen LogP contribution in [0.2, 0.25) is 0 Å². The van der Waals surface area contributed by atoms with E-state index in [9.17, 15) is 27.6 Å². The number of hydrogen-bond donors (Lipinski definition) is 4. The Labute approximate surface area is 164 Å². The largest absolute Gasteiger partial charge is 0.337 e. The van der Waals surface area contributed by atoms with E-state index in [0.29, 0.717) is 5.69 Å². The van der Waals surface area contributed by atoms with Gasteiger partial charge in [-0.15, -0.1) is 0 Å². The molecule has 0 spiro atoms. The van der Waals surface area contributed by atoms with E-state index in [2.05, 4.69) is 10.0 Å². The molecule has 0 heterocycles. The Kier molecular flexibility index (Phi) is 7.01. The number of benzene rings is 2. The zero-order chi connectivity index (χ0) is 20.9. The number of nitrogens with one attached hydrogen (secondary N) is 2. The van der Waals surface area contributed by atoms with Crippen molar-refractivity contribution >= 4 is 34.9 Å². The second-order valence-electron chi connectivity index (χ2n) is 6.72. The molecule has 28 heavy (non-hydrogen) atoms. The topological polar surface area (TPSA) is 133 Å². The molecule has 0 radical (unpaired) electrons. The van der Waals surface area contributed by atoms with Gasteiger partial charge in [0.15, 0.2) is 0 Å². The average molecular weight is 426 g/mol. The Morgan fingerprint density at radius 2 is 1.54 bits per heavy atom. The van der Waals surface area contributed by atoms with Gasteiger partial charge in [-0.1, -0.05) is 32.0 Å². The van der Waals surface area contributed by atoms with Gasteiger partial charge in [0.25, 0.3) is 10.0 Å². The normalized spacial score (nSPS) is 13.2. The summed E-state index contributed by atoms with van der Waals surface area (Å²) >= 11 is 0. The van der Waals surface area contributed by atoms with Crippen molar-refractivity contribution in [3.63, 3.8) is 0 Å². The van der Waals surface area contributed by atoms with E-state index in [-0.39, 0.29) is 22.9 Å². The molecule has 10 heteroatoms. The van der Waals surface area contributed by atoms with Gasteiger partial charge in [0.05, 0.1) is 4.90 Å². The second kappa shape index (κ2) is 8.87. The fraction of sp³-hybridized carbons (Fsp3) is 0.278. The summed E-state index contributed by atoms with van der Waals surface area (Å²) in [5.41, 5.74) is -0.853. The van der Waals surface area contributed by atoms with Gasteiger partial charge in [-0.3, -0.25) is 14.1 Å². The van der Waals surface area contributed by atoms with E-state index in [4.69, 9.17) is 0 Å². The minimum absolute atomic E-state index is 0.0467. The van der Waals surface area contributed by atoms with Crippen LogP contribution in [-0.4, -0.2) is 29.8 Å². The highest BCUT2D eigenvalue weighted by molar-refractivity contribution is 7.92. The monoisotopic (exact) mass is 426 g/mol. The maximum atomic E-state index is 12.3. The highest BCUT2D eigenvalue weighted by Gasteiger charge is 2.36. The summed E-state index contributed by atoms with van der Waals surface area (Å²) in [6.07, 6.45) is 0.0467. The van der Waals surface area contributed by atoms with Crippen LogP contribution >= 0.6 is 7.60 Å². The summed E-state index contributed by atoms with van der Waals surface area (Å²) in [6, 6.07) is 13.7. The van der Waals surface area contributed by atoms with Gasteiger partial charge < -0.3 is 15.1 Å². The van der Waals surface area contributed by atoms with Gasteiger partial charge in [0, 0.05) is 11.4 Å². The summed E-state index contributed by atoms with van der Waals surface area (Å²) in [5.74, 6) is -0.849. The van der Waals surface area contributed by atoms with E-state index in [1.165, 1.54) is 36.4 Å². The lowest BCUT2D eigenvalue weighted by Crippen LogP contribution is -2.29. The molecule has 0 bridgehead atoms. The van der Waals surface area contributed by atoms with Crippen LogP contribution in [0.25, 0.3) is 0 Å². The molecule has 0 aliphatic heterocycles. The molecule has 152 valence electrons. The summed E-state index contributed by atoms with van der Waals surface area (Å²) in [5, 5.41) is 2.47. The zero-order valence-corrected chi connectivity index (χ0v) is 17.2. The van der Waals surface area contributed by atoms with Crippen molar-refractivity contribution in [2.75, 3.05) is 10.0 Å². The Hall–Kier alpha value is -2.19. The molecule has 1 atom stereocenters. The number of anilines is 2. The van der Waals surface area contributed by atoms with Gasteiger partial charge >= 0.3 is 7.60 Å². The van der Waals surface area contributed by atoms with Crippen molar-refractivity contribution in [3.8, 4) is 0 Å². The molecule has 0 saturated heterocycles. The Balaban J connectivity index is 2.10. The Morgan fingerprint density at radius 3 is 2.04 bits per heavy atom. The number of amides is 1. The fourth-order valence-corrected chi connectivity index (χ4v) is 4.65. The number of carbonyl (C=O) groups is 1. The third-order valence-corrected chi connectivity index (χ3v) is 6.52. The van der Waals surface area contributed by atoms with Crippen LogP contribution in [0.5, 0.6) is 0 Å². The van der Waals surface area contributed by atoms with E-state index in [0.717, 1.165) is 0 Å². The van der Waals surface area contributed by atoms with E-state index >= 15 is 0 Å². The molecule has 1 amide bonds. The van der Waals surface area contributed by atoms with Crippen molar-refractivity contribution in [3.05, 3.63) is 54.6 Å². The lowest BCUT2D eigenvalue weighted by atomic mass is 10.1. The molecular formula is C18H23N2O6PS. The highest BCUT2D eigenvalue weighted by atomic mass is 32.2. The molecule has 1 unspecified atom stereocenters. The third kappa shape index (κ3) is 6.17. The van der Waals surface area contributed by atoms with Crippen LogP contribution in [0.3, 0.4) is 0 Å². The number of carbonyl (C=O) groups excluding carboxylic acids is 1. The van der Waals surface area contributed by atoms with Gasteiger partial charge in [0.1, 0.15) is 5.66 Å². The number of hydrogen-bond acceptors (Lipinski definition) is 4. The maximum Gasteiger partial charge on any atom is 0.337 e. The quantitative estimate of drug-likeness (QED) is 0.480. The van der Waals surface area contributed by atoms with E-state index in [1.54, 1.807) is 32.0 Å². The summed E-state index contributed by atoms with van der Waals surface area (Å²) < 4.78 is 38.6. The molecule has 0 aromatic heterocycles. The van der Waals surface area contributed by atoms with Crippen LogP contribution < -0.4 is 10.0 Å². The molecule has 0 aliphatic carbocycles.